The Bertz CT molecular complexity index is 587. The molecule has 0 unspecified atom stereocenters. The lowest BCUT2D eigenvalue weighted by Gasteiger charge is -2.07. The first-order valence-corrected chi connectivity index (χ1v) is 8.18. The monoisotopic (exact) mass is 371 g/mol. The zero-order chi connectivity index (χ0) is 14.7. The molecule has 0 bridgehead atoms. The Labute approximate surface area is 136 Å². The maximum absolute atomic E-state index is 11.9. The molecule has 0 aliphatic carbocycles. The molecule has 1 aromatic rings. The Kier molecular flexibility index (Phi) is 5.23. The fourth-order valence-corrected chi connectivity index (χ4v) is 3.32. The molecule has 0 atom stereocenters. The van der Waals surface area contributed by atoms with Gasteiger partial charge in [0.2, 0.25) is 0 Å². The molecule has 1 amide bonds. The number of hydrogen-bond donors (Lipinski definition) is 0. The van der Waals surface area contributed by atoms with Crippen LogP contribution in [-0.4, -0.2) is 28.8 Å². The number of amides is 1. The lowest BCUT2D eigenvalue weighted by Crippen LogP contribution is -2.22. The SMILES string of the molecule is CCCOc1ccc(/C=C2/SC(=S)N(C)C2=O)cc1Br. The number of halogens is 1. The zero-order valence-electron chi connectivity index (χ0n) is 11.2. The third-order valence-electron chi connectivity index (χ3n) is 2.70. The molecule has 1 aromatic carbocycles. The summed E-state index contributed by atoms with van der Waals surface area (Å²) < 4.78 is 7.06. The van der Waals surface area contributed by atoms with Crippen LogP contribution in [0.3, 0.4) is 0 Å². The summed E-state index contributed by atoms with van der Waals surface area (Å²) in [7, 11) is 1.69. The van der Waals surface area contributed by atoms with E-state index in [2.05, 4.69) is 22.9 Å². The van der Waals surface area contributed by atoms with Gasteiger partial charge < -0.3 is 4.74 Å². The molecule has 0 saturated carbocycles. The quantitative estimate of drug-likeness (QED) is 0.589. The summed E-state index contributed by atoms with van der Waals surface area (Å²) in [6.45, 7) is 2.75. The van der Waals surface area contributed by atoms with Crippen molar-refractivity contribution in [1.82, 2.24) is 4.90 Å². The zero-order valence-corrected chi connectivity index (χ0v) is 14.4. The average molecular weight is 372 g/mol. The van der Waals surface area contributed by atoms with E-state index in [0.29, 0.717) is 15.8 Å². The molecule has 0 spiro atoms. The van der Waals surface area contributed by atoms with E-state index in [-0.39, 0.29) is 5.91 Å². The molecular weight excluding hydrogens is 358 g/mol. The number of hydrogen-bond acceptors (Lipinski definition) is 4. The number of nitrogens with zero attached hydrogens (tertiary/aromatic N) is 1. The van der Waals surface area contributed by atoms with E-state index < -0.39 is 0 Å². The molecule has 1 heterocycles. The molecule has 2 rings (SSSR count). The highest BCUT2D eigenvalue weighted by Gasteiger charge is 2.28. The number of ether oxygens (including phenoxy) is 1. The Morgan fingerprint density at radius 1 is 1.50 bits per heavy atom. The molecule has 106 valence electrons. The maximum Gasteiger partial charge on any atom is 0.265 e. The van der Waals surface area contributed by atoms with Crippen molar-refractivity contribution in [2.24, 2.45) is 0 Å². The first-order valence-electron chi connectivity index (χ1n) is 6.17. The molecule has 0 N–H and O–H groups in total. The Morgan fingerprint density at radius 2 is 2.25 bits per heavy atom. The summed E-state index contributed by atoms with van der Waals surface area (Å²) in [5, 5.41) is 0. The van der Waals surface area contributed by atoms with Gasteiger partial charge in [0.1, 0.15) is 10.1 Å². The van der Waals surface area contributed by atoms with E-state index in [1.165, 1.54) is 16.7 Å². The number of carbonyl (C=O) groups excluding carboxylic acids is 1. The van der Waals surface area contributed by atoms with E-state index in [1.54, 1.807) is 7.05 Å². The van der Waals surface area contributed by atoms with E-state index in [1.807, 2.05) is 24.3 Å². The smallest absolute Gasteiger partial charge is 0.265 e. The third-order valence-corrected chi connectivity index (χ3v) is 4.81. The second-order valence-corrected chi connectivity index (χ2v) is 6.81. The van der Waals surface area contributed by atoms with Crippen LogP contribution >= 0.6 is 39.9 Å². The molecule has 0 radical (unpaired) electrons. The van der Waals surface area contributed by atoms with Gasteiger partial charge in [0.15, 0.2) is 0 Å². The predicted molar refractivity (Wildman–Crippen MR) is 90.9 cm³/mol. The van der Waals surface area contributed by atoms with Crippen LogP contribution in [0.25, 0.3) is 6.08 Å². The molecule has 0 aromatic heterocycles. The lowest BCUT2D eigenvalue weighted by molar-refractivity contribution is -0.121. The fraction of sp³-hybridized carbons (Fsp3) is 0.286. The number of carbonyl (C=O) groups is 1. The van der Waals surface area contributed by atoms with Crippen molar-refractivity contribution < 1.29 is 9.53 Å². The topological polar surface area (TPSA) is 29.5 Å². The van der Waals surface area contributed by atoms with Gasteiger partial charge in [0.25, 0.3) is 5.91 Å². The molecule has 20 heavy (non-hydrogen) atoms. The highest BCUT2D eigenvalue weighted by atomic mass is 79.9. The summed E-state index contributed by atoms with van der Waals surface area (Å²) in [4.78, 5) is 14.1. The van der Waals surface area contributed by atoms with Gasteiger partial charge in [-0.15, -0.1) is 0 Å². The summed E-state index contributed by atoms with van der Waals surface area (Å²) in [5.41, 5.74) is 0.940. The van der Waals surface area contributed by atoms with Crippen molar-refractivity contribution in [2.45, 2.75) is 13.3 Å². The third kappa shape index (κ3) is 3.42. The van der Waals surface area contributed by atoms with Crippen LogP contribution in [0.5, 0.6) is 5.75 Å². The summed E-state index contributed by atoms with van der Waals surface area (Å²) in [5.74, 6) is 0.759. The number of rotatable bonds is 4. The number of benzene rings is 1. The van der Waals surface area contributed by atoms with Gasteiger partial charge in [0, 0.05) is 7.05 Å². The normalized spacial score (nSPS) is 17.1. The van der Waals surface area contributed by atoms with Crippen molar-refractivity contribution in [2.75, 3.05) is 13.7 Å². The summed E-state index contributed by atoms with van der Waals surface area (Å²) in [6.07, 6.45) is 2.81. The van der Waals surface area contributed by atoms with Crippen LogP contribution in [0.2, 0.25) is 0 Å². The second-order valence-electron chi connectivity index (χ2n) is 4.28. The van der Waals surface area contributed by atoms with E-state index in [9.17, 15) is 4.79 Å². The molecular formula is C14H14BrNO2S2. The highest BCUT2D eigenvalue weighted by molar-refractivity contribution is 9.10. The maximum atomic E-state index is 11.9. The number of likely N-dealkylation sites (N-methyl/N-ethyl adjacent to an activating group) is 1. The van der Waals surface area contributed by atoms with Gasteiger partial charge in [-0.25, -0.2) is 0 Å². The first kappa shape index (κ1) is 15.5. The van der Waals surface area contributed by atoms with Crippen LogP contribution in [-0.2, 0) is 4.79 Å². The van der Waals surface area contributed by atoms with E-state index >= 15 is 0 Å². The lowest BCUT2D eigenvalue weighted by atomic mass is 10.2. The second kappa shape index (κ2) is 6.74. The Balaban J connectivity index is 2.20. The van der Waals surface area contributed by atoms with Gasteiger partial charge in [-0.1, -0.05) is 37.0 Å². The summed E-state index contributed by atoms with van der Waals surface area (Å²) >= 11 is 9.91. The highest BCUT2D eigenvalue weighted by Crippen LogP contribution is 2.33. The average Bonchev–Trinajstić information content (AvgIpc) is 2.65. The minimum absolute atomic E-state index is 0.0533. The van der Waals surface area contributed by atoms with Crippen molar-refractivity contribution in [3.05, 3.63) is 33.1 Å². The van der Waals surface area contributed by atoms with E-state index in [0.717, 1.165) is 22.2 Å². The van der Waals surface area contributed by atoms with Gasteiger partial charge in [-0.2, -0.15) is 0 Å². The fourth-order valence-electron chi connectivity index (χ4n) is 1.63. The van der Waals surface area contributed by atoms with Gasteiger partial charge >= 0.3 is 0 Å². The Hall–Kier alpha value is -0.850. The molecule has 1 saturated heterocycles. The largest absolute Gasteiger partial charge is 0.492 e. The standard InChI is InChI=1S/C14H14BrNO2S2/c1-3-6-18-11-5-4-9(7-10(11)15)8-12-13(17)16(2)14(19)20-12/h4-5,7-8H,3,6H2,1-2H3/b12-8+. The number of thiocarbonyl (C=S) groups is 1. The Morgan fingerprint density at radius 3 is 2.80 bits per heavy atom. The minimum Gasteiger partial charge on any atom is -0.492 e. The summed E-state index contributed by atoms with van der Waals surface area (Å²) in [6, 6.07) is 5.77. The first-order chi connectivity index (χ1) is 9.52. The van der Waals surface area contributed by atoms with Crippen LogP contribution in [0.15, 0.2) is 27.6 Å². The van der Waals surface area contributed by atoms with Crippen LogP contribution in [0.4, 0.5) is 0 Å². The van der Waals surface area contributed by atoms with Crippen molar-refractivity contribution in [3.63, 3.8) is 0 Å². The van der Waals surface area contributed by atoms with Crippen molar-refractivity contribution >= 4 is 56.2 Å². The minimum atomic E-state index is -0.0533. The van der Waals surface area contributed by atoms with Crippen LogP contribution in [0.1, 0.15) is 18.9 Å². The van der Waals surface area contributed by atoms with Crippen molar-refractivity contribution in [1.29, 1.82) is 0 Å². The molecule has 3 nitrogen and oxygen atoms in total. The van der Waals surface area contributed by atoms with Crippen molar-refractivity contribution in [3.8, 4) is 5.75 Å². The van der Waals surface area contributed by atoms with Crippen LogP contribution in [0, 0.1) is 0 Å². The van der Waals surface area contributed by atoms with E-state index in [4.69, 9.17) is 17.0 Å². The van der Waals surface area contributed by atoms with Gasteiger partial charge in [0.05, 0.1) is 16.0 Å². The van der Waals surface area contributed by atoms with Gasteiger partial charge in [-0.3, -0.25) is 9.69 Å². The van der Waals surface area contributed by atoms with Gasteiger partial charge in [-0.05, 0) is 46.1 Å². The molecule has 6 heteroatoms. The molecule has 1 aliphatic rings. The van der Waals surface area contributed by atoms with Crippen LogP contribution < -0.4 is 4.74 Å². The molecule has 1 fully saturated rings. The predicted octanol–water partition coefficient (Wildman–Crippen LogP) is 4.07. The number of thioether (sulfide) groups is 1. The molecule has 1 aliphatic heterocycles.